The molecular formula is C37H33Cl2N7O5. The van der Waals surface area contributed by atoms with Crippen molar-refractivity contribution in [3.63, 3.8) is 0 Å². The number of nitrogens with zero attached hydrogens (tertiary/aromatic N) is 4. The third-order valence-electron chi connectivity index (χ3n) is 9.05. The fraction of sp³-hybridized carbons (Fsp3) is 0.243. The number of carbonyl (C=O) groups excluding carboxylic acids is 1. The molecule has 5 heterocycles. The van der Waals surface area contributed by atoms with Gasteiger partial charge in [-0.15, -0.1) is 0 Å². The molecule has 2 aliphatic rings. The number of benzene rings is 2. The highest BCUT2D eigenvalue weighted by Crippen LogP contribution is 2.42. The van der Waals surface area contributed by atoms with E-state index in [-0.39, 0.29) is 23.4 Å². The summed E-state index contributed by atoms with van der Waals surface area (Å²) in [4.78, 5) is 50.0. The van der Waals surface area contributed by atoms with E-state index in [0.29, 0.717) is 87.5 Å². The van der Waals surface area contributed by atoms with Crippen molar-refractivity contribution in [2.24, 2.45) is 4.99 Å². The van der Waals surface area contributed by atoms with Crippen LogP contribution in [0, 0.1) is 0 Å². The first-order valence-electron chi connectivity index (χ1n) is 16.4. The van der Waals surface area contributed by atoms with Crippen molar-refractivity contribution in [1.29, 1.82) is 0 Å². The lowest BCUT2D eigenvalue weighted by molar-refractivity contribution is -0.139. The van der Waals surface area contributed by atoms with Gasteiger partial charge in [-0.2, -0.15) is 0 Å². The van der Waals surface area contributed by atoms with Crippen LogP contribution in [0.2, 0.25) is 10.0 Å². The Labute approximate surface area is 302 Å². The predicted molar refractivity (Wildman–Crippen MR) is 196 cm³/mol. The van der Waals surface area contributed by atoms with E-state index in [0.717, 1.165) is 17.5 Å². The van der Waals surface area contributed by atoms with Gasteiger partial charge in [-0.1, -0.05) is 59.6 Å². The van der Waals surface area contributed by atoms with Gasteiger partial charge in [0.25, 0.3) is 5.56 Å². The van der Waals surface area contributed by atoms with Gasteiger partial charge in [0.2, 0.25) is 11.8 Å². The maximum Gasteiger partial charge on any atom is 0.326 e. The molecule has 1 saturated heterocycles. The molecule has 260 valence electrons. The molecule has 0 spiro atoms. The van der Waals surface area contributed by atoms with Crippen LogP contribution in [0.15, 0.2) is 82.8 Å². The van der Waals surface area contributed by atoms with Gasteiger partial charge < -0.3 is 25.8 Å². The summed E-state index contributed by atoms with van der Waals surface area (Å²) in [7, 11) is 1.49. The van der Waals surface area contributed by atoms with Gasteiger partial charge in [-0.3, -0.25) is 19.0 Å². The largest absolute Gasteiger partial charge is 0.480 e. The molecule has 14 heteroatoms. The summed E-state index contributed by atoms with van der Waals surface area (Å²) in [6.07, 6.45) is 4.96. The number of rotatable bonds is 10. The monoisotopic (exact) mass is 725 g/mol. The Hall–Kier alpha value is -5.30. The quantitative estimate of drug-likeness (QED) is 0.156. The van der Waals surface area contributed by atoms with Crippen LogP contribution >= 0.6 is 23.2 Å². The molecule has 12 nitrogen and oxygen atoms in total. The fourth-order valence-electron chi connectivity index (χ4n) is 6.38. The van der Waals surface area contributed by atoms with Crippen LogP contribution in [-0.4, -0.2) is 69.5 Å². The van der Waals surface area contributed by atoms with E-state index in [1.807, 2.05) is 48.5 Å². The molecule has 2 atom stereocenters. The summed E-state index contributed by atoms with van der Waals surface area (Å²) in [5.41, 5.74) is 5.47. The number of ether oxygens (including phenoxy) is 1. The number of nitrogens with one attached hydrogen (secondary N) is 3. The summed E-state index contributed by atoms with van der Waals surface area (Å²) in [5, 5.41) is 19.5. The summed E-state index contributed by atoms with van der Waals surface area (Å²) in [5.74, 6) is -0.211. The van der Waals surface area contributed by atoms with Crippen LogP contribution in [0.4, 0.5) is 0 Å². The molecular weight excluding hydrogens is 693 g/mol. The Kier molecular flexibility index (Phi) is 9.72. The number of hydrogen-bond donors (Lipinski definition) is 4. The van der Waals surface area contributed by atoms with E-state index in [4.69, 9.17) is 32.9 Å². The summed E-state index contributed by atoms with van der Waals surface area (Å²) in [6.45, 7) is 1.29. The van der Waals surface area contributed by atoms with Crippen molar-refractivity contribution in [3.8, 4) is 39.4 Å². The van der Waals surface area contributed by atoms with E-state index < -0.39 is 12.0 Å². The lowest BCUT2D eigenvalue weighted by Crippen LogP contribution is -2.44. The number of carboxylic acids is 1. The number of carbonyl (C=O) groups is 2. The summed E-state index contributed by atoms with van der Waals surface area (Å²) < 4.78 is 7.10. The zero-order chi connectivity index (χ0) is 35.6. The molecule has 7 rings (SSSR count). The number of carboxylic acid groups (broad SMARTS) is 1. The number of aliphatic imine (C=N–C) groups is 1. The minimum absolute atomic E-state index is 0.0521. The Morgan fingerprint density at radius 1 is 0.980 bits per heavy atom. The van der Waals surface area contributed by atoms with E-state index in [1.165, 1.54) is 11.5 Å². The van der Waals surface area contributed by atoms with E-state index in [1.54, 1.807) is 24.5 Å². The molecule has 2 aliphatic heterocycles. The van der Waals surface area contributed by atoms with Crippen LogP contribution in [0.5, 0.6) is 5.88 Å². The minimum atomic E-state index is -0.948. The molecule has 1 fully saturated rings. The predicted octanol–water partition coefficient (Wildman–Crippen LogP) is 4.97. The molecule has 4 N–H and O–H groups in total. The molecule has 0 aliphatic carbocycles. The second-order valence-corrected chi connectivity index (χ2v) is 13.1. The van der Waals surface area contributed by atoms with Crippen LogP contribution in [0.3, 0.4) is 0 Å². The molecule has 51 heavy (non-hydrogen) atoms. The van der Waals surface area contributed by atoms with Gasteiger partial charge in [0, 0.05) is 72.3 Å². The second kappa shape index (κ2) is 14.5. The number of methoxy groups -OCH3 is 1. The number of amides is 1. The number of aliphatic carboxylic acids is 1. The smallest absolute Gasteiger partial charge is 0.326 e. The van der Waals surface area contributed by atoms with Crippen molar-refractivity contribution in [3.05, 3.63) is 105 Å². The van der Waals surface area contributed by atoms with E-state index in [9.17, 15) is 19.5 Å². The Morgan fingerprint density at radius 3 is 2.45 bits per heavy atom. The van der Waals surface area contributed by atoms with Crippen molar-refractivity contribution >= 4 is 46.6 Å². The lowest BCUT2D eigenvalue weighted by atomic mass is 9.97. The average molecular weight is 727 g/mol. The highest BCUT2D eigenvalue weighted by atomic mass is 35.5. The first-order valence-corrected chi connectivity index (χ1v) is 17.1. The molecule has 0 bridgehead atoms. The molecule has 0 radical (unpaired) electrons. The number of aromatic nitrogens is 3. The molecule has 1 amide bonds. The van der Waals surface area contributed by atoms with Gasteiger partial charge in [-0.25, -0.2) is 14.8 Å². The Balaban J connectivity index is 1.15. The number of amidine groups is 1. The normalized spacial score (nSPS) is 17.2. The topological polar surface area (TPSA) is 159 Å². The number of halogens is 2. The zero-order valence-corrected chi connectivity index (χ0v) is 29.0. The van der Waals surface area contributed by atoms with Crippen molar-refractivity contribution in [1.82, 2.24) is 30.3 Å². The highest BCUT2D eigenvalue weighted by Gasteiger charge is 2.26. The minimum Gasteiger partial charge on any atom is -0.480 e. The van der Waals surface area contributed by atoms with E-state index in [2.05, 4.69) is 25.9 Å². The maximum absolute atomic E-state index is 13.3. The van der Waals surface area contributed by atoms with Gasteiger partial charge in [-0.05, 0) is 42.7 Å². The zero-order valence-electron chi connectivity index (χ0n) is 27.5. The molecule has 3 aromatic heterocycles. The Bertz CT molecular complexity index is 2270. The number of pyridine rings is 2. The van der Waals surface area contributed by atoms with Gasteiger partial charge in [0.05, 0.1) is 28.4 Å². The number of hydrogen-bond acceptors (Lipinski definition) is 9. The van der Waals surface area contributed by atoms with Crippen molar-refractivity contribution < 1.29 is 19.4 Å². The second-order valence-electron chi connectivity index (χ2n) is 12.3. The van der Waals surface area contributed by atoms with Gasteiger partial charge >= 0.3 is 5.97 Å². The highest BCUT2D eigenvalue weighted by molar-refractivity contribution is 6.39. The Morgan fingerprint density at radius 2 is 1.73 bits per heavy atom. The lowest BCUT2D eigenvalue weighted by Gasteiger charge is -2.22. The fourth-order valence-corrected chi connectivity index (χ4v) is 7.04. The first kappa shape index (κ1) is 34.2. The standard InChI is InChI=1S/C37H33Cl2N7O5/c1-51-35-27(34-41-14-12-29(44-34)37(49)50)9-10-28(45-35)26-7-3-6-25(33(26)39)24-5-2-4-23(32(24)38)20-13-15-46-30(16-20)42-18-21(36(46)48)17-40-19-22-8-11-31(47)43-22/h2-7,9-10,13,15-16,18,22,29,40H,8,11-12,14,17,19H2,1H3,(H,41,44)(H,43,47)(H,49,50)/t22-,29+/m1/s1. The molecule has 5 aromatic rings. The van der Waals surface area contributed by atoms with Crippen LogP contribution in [0.25, 0.3) is 39.2 Å². The maximum atomic E-state index is 13.3. The summed E-state index contributed by atoms with van der Waals surface area (Å²) >= 11 is 14.1. The van der Waals surface area contributed by atoms with Crippen LogP contribution in [0.1, 0.15) is 30.4 Å². The number of fused-ring (bicyclic) bond motifs is 1. The summed E-state index contributed by atoms with van der Waals surface area (Å²) in [6, 6.07) is 17.8. The first-order chi connectivity index (χ1) is 24.7. The van der Waals surface area contributed by atoms with Crippen LogP contribution < -0.4 is 26.2 Å². The third-order valence-corrected chi connectivity index (χ3v) is 9.87. The third kappa shape index (κ3) is 6.90. The molecule has 0 unspecified atom stereocenters. The van der Waals surface area contributed by atoms with E-state index >= 15 is 0 Å². The van der Waals surface area contributed by atoms with Gasteiger partial charge in [0.1, 0.15) is 17.5 Å². The SMILES string of the molecule is COc1nc(-c2cccc(-c3cccc(-c4ccn5c(=O)c(CNC[C@H]6CCC(=O)N6)cnc5c4)c3Cl)c2Cl)ccc1C1=NCC[C@@H](C(=O)O)N1. The van der Waals surface area contributed by atoms with Gasteiger partial charge in [0.15, 0.2) is 0 Å². The average Bonchev–Trinajstić information content (AvgIpc) is 3.57. The van der Waals surface area contributed by atoms with Crippen molar-refractivity contribution in [2.45, 2.75) is 37.9 Å². The molecule has 2 aromatic carbocycles. The van der Waals surface area contributed by atoms with Crippen LogP contribution in [-0.2, 0) is 16.1 Å². The van der Waals surface area contributed by atoms with Crippen molar-refractivity contribution in [2.75, 3.05) is 20.2 Å². The molecule has 0 saturated carbocycles.